The van der Waals surface area contributed by atoms with Gasteiger partial charge in [-0.3, -0.25) is 0 Å². The number of aromatic nitrogens is 4. The zero-order chi connectivity index (χ0) is 46.0. The number of benzene rings is 6. The van der Waals surface area contributed by atoms with Crippen LogP contribution in [0.4, 0.5) is 0 Å². The Bertz CT molecular complexity index is 2740. The molecule has 0 saturated carbocycles. The Labute approximate surface area is 422 Å². The molecule has 2 aromatic heterocycles. The predicted octanol–water partition coefficient (Wildman–Crippen LogP) is 15.9. The topological polar surface area (TPSA) is 43.6 Å². The first-order valence-electron chi connectivity index (χ1n) is 22.6. The van der Waals surface area contributed by atoms with Gasteiger partial charge in [0, 0.05) is 58.0 Å². The van der Waals surface area contributed by atoms with Crippen molar-refractivity contribution >= 4 is 0 Å². The van der Waals surface area contributed by atoms with Crippen LogP contribution in [0.5, 0.6) is 0 Å². The molecule has 6 aromatic carbocycles. The van der Waals surface area contributed by atoms with Gasteiger partial charge in [0.15, 0.2) is 0 Å². The summed E-state index contributed by atoms with van der Waals surface area (Å²) in [7, 11) is 0. The molecule has 8 aromatic rings. The average Bonchev–Trinajstić information content (AvgIpc) is 3.71. The SMILES string of the molecule is CC(C)(C)c1ccc(-c2cc(-c3ccc(C(C)(C)C)cc3)cc(-c3cc[c-]c(-c4ccccn4)c3)c2)cc1.Cc1cc(C(C)(C)C)cc(C)c1-n1c(-c2[c-]cccc2)nnc1C(C)C.[Ir].[Ir]. The Hall–Kier alpha value is -5.09. The van der Waals surface area contributed by atoms with Crippen molar-refractivity contribution in [2.45, 2.75) is 112 Å². The molecule has 0 aliphatic heterocycles. The molecular formula is C60H64Ir2N4-2. The van der Waals surface area contributed by atoms with Gasteiger partial charge in [0.2, 0.25) is 0 Å². The molecular weight excluding hydrogens is 1160 g/mol. The minimum atomic E-state index is 0. The minimum Gasteiger partial charge on any atom is -0.319 e. The predicted molar refractivity (Wildman–Crippen MR) is 270 cm³/mol. The Morgan fingerprint density at radius 1 is 0.470 bits per heavy atom. The van der Waals surface area contributed by atoms with Crippen LogP contribution < -0.4 is 0 Å². The summed E-state index contributed by atoms with van der Waals surface area (Å²) in [4.78, 5) is 4.54. The third-order valence-corrected chi connectivity index (χ3v) is 11.9. The molecule has 0 bridgehead atoms. The maximum absolute atomic E-state index is 4.54. The van der Waals surface area contributed by atoms with Gasteiger partial charge in [-0.05, 0) is 116 Å². The van der Waals surface area contributed by atoms with E-state index >= 15 is 0 Å². The number of pyridine rings is 1. The molecule has 0 aliphatic rings. The van der Waals surface area contributed by atoms with Crippen LogP contribution in [0.25, 0.3) is 61.7 Å². The second-order valence-electron chi connectivity index (χ2n) is 20.5. The number of nitrogens with zero attached hydrogens (tertiary/aromatic N) is 4. The first-order chi connectivity index (χ1) is 30.3. The number of rotatable bonds is 7. The van der Waals surface area contributed by atoms with Crippen molar-refractivity contribution in [3.05, 3.63) is 191 Å². The molecule has 0 aliphatic carbocycles. The van der Waals surface area contributed by atoms with Crippen molar-refractivity contribution in [1.82, 2.24) is 19.7 Å². The van der Waals surface area contributed by atoms with Gasteiger partial charge in [0.25, 0.3) is 0 Å². The van der Waals surface area contributed by atoms with E-state index in [0.717, 1.165) is 34.0 Å². The number of hydrogen-bond acceptors (Lipinski definition) is 3. The summed E-state index contributed by atoms with van der Waals surface area (Å²) in [5.41, 5.74) is 18.2. The third kappa shape index (κ3) is 12.1. The fourth-order valence-corrected chi connectivity index (χ4v) is 8.11. The molecule has 4 nitrogen and oxygen atoms in total. The zero-order valence-corrected chi connectivity index (χ0v) is 45.7. The first-order valence-corrected chi connectivity index (χ1v) is 22.6. The minimum absolute atomic E-state index is 0. The van der Waals surface area contributed by atoms with E-state index in [1.54, 1.807) is 0 Å². The number of hydrogen-bond donors (Lipinski definition) is 0. The van der Waals surface area contributed by atoms with E-state index in [-0.39, 0.29) is 62.4 Å². The molecule has 66 heavy (non-hydrogen) atoms. The van der Waals surface area contributed by atoms with Gasteiger partial charge in [0.1, 0.15) is 5.82 Å². The molecule has 0 spiro atoms. The quantitative estimate of drug-likeness (QED) is 0.149. The van der Waals surface area contributed by atoms with Gasteiger partial charge in [0.05, 0.1) is 5.82 Å². The van der Waals surface area contributed by atoms with Gasteiger partial charge in [-0.1, -0.05) is 149 Å². The maximum atomic E-state index is 4.54. The van der Waals surface area contributed by atoms with Crippen molar-refractivity contribution in [2.24, 2.45) is 0 Å². The Balaban J connectivity index is 0.000000257. The smallest absolute Gasteiger partial charge is 0.131 e. The van der Waals surface area contributed by atoms with Gasteiger partial charge in [-0.2, -0.15) is 5.10 Å². The summed E-state index contributed by atoms with van der Waals surface area (Å²) in [6, 6.07) is 56.5. The van der Waals surface area contributed by atoms with Crippen LogP contribution in [0.15, 0.2) is 146 Å². The molecule has 0 saturated heterocycles. The molecule has 0 unspecified atom stereocenters. The average molecular weight is 1230 g/mol. The molecule has 2 radical (unpaired) electrons. The van der Waals surface area contributed by atoms with Gasteiger partial charge in [-0.15, -0.1) is 76.4 Å². The maximum Gasteiger partial charge on any atom is 0.131 e. The van der Waals surface area contributed by atoms with Gasteiger partial charge in [-0.25, -0.2) is 0 Å². The van der Waals surface area contributed by atoms with Crippen LogP contribution in [0, 0.1) is 26.0 Å². The van der Waals surface area contributed by atoms with Crippen LogP contribution >= 0.6 is 0 Å². The van der Waals surface area contributed by atoms with Crippen LogP contribution in [0.1, 0.15) is 116 Å². The zero-order valence-electron chi connectivity index (χ0n) is 40.9. The van der Waals surface area contributed by atoms with Crippen molar-refractivity contribution in [2.75, 3.05) is 0 Å². The van der Waals surface area contributed by atoms with Crippen molar-refractivity contribution < 1.29 is 40.2 Å². The molecule has 0 amide bonds. The second-order valence-corrected chi connectivity index (χ2v) is 20.5. The Morgan fingerprint density at radius 2 is 0.970 bits per heavy atom. The third-order valence-electron chi connectivity index (χ3n) is 11.9. The normalized spacial score (nSPS) is 11.6. The van der Waals surface area contributed by atoms with E-state index in [0.29, 0.717) is 0 Å². The summed E-state index contributed by atoms with van der Waals surface area (Å²) >= 11 is 0. The standard InChI is InChI=1S/C37H36N.C23H28N3.2Ir/c1-36(2,3)33-17-13-26(14-18-33)30-23-31(27-15-19-34(20-16-27)37(4,5)6)25-32(24-30)28-10-9-11-29(22-28)35-12-7-8-21-38-35;1-15(2)21-24-25-22(18-11-9-8-10-12-18)26(21)20-16(3)13-19(14-17(20)4)23(5,6)7;;/h7-10,12-25H,1-6H3;8-11,13-15H,1-7H3;;/q2*-1;;. The molecule has 6 heteroatoms. The molecule has 0 atom stereocenters. The van der Waals surface area contributed by atoms with Gasteiger partial charge >= 0.3 is 0 Å². The van der Waals surface area contributed by atoms with Crippen LogP contribution in [0.2, 0.25) is 0 Å². The van der Waals surface area contributed by atoms with E-state index in [9.17, 15) is 0 Å². The molecule has 2 heterocycles. The summed E-state index contributed by atoms with van der Waals surface area (Å²) in [6.07, 6.45) is 1.83. The van der Waals surface area contributed by atoms with Crippen molar-refractivity contribution in [3.63, 3.8) is 0 Å². The summed E-state index contributed by atoms with van der Waals surface area (Å²) < 4.78 is 2.22. The van der Waals surface area contributed by atoms with Crippen LogP contribution in [-0.4, -0.2) is 19.7 Å². The van der Waals surface area contributed by atoms with Gasteiger partial charge < -0.3 is 9.55 Å². The largest absolute Gasteiger partial charge is 0.319 e. The molecule has 0 fully saturated rings. The first kappa shape index (κ1) is 51.9. The van der Waals surface area contributed by atoms with E-state index in [4.69, 9.17) is 0 Å². The summed E-state index contributed by atoms with van der Waals surface area (Å²) in [6.45, 7) is 29.0. The fourth-order valence-electron chi connectivity index (χ4n) is 8.11. The number of aryl methyl sites for hydroxylation is 2. The van der Waals surface area contributed by atoms with E-state index in [2.05, 4.69) is 213 Å². The van der Waals surface area contributed by atoms with E-state index in [1.165, 1.54) is 61.3 Å². The molecule has 0 N–H and O–H groups in total. The monoisotopic (exact) mass is 1230 g/mol. The summed E-state index contributed by atoms with van der Waals surface area (Å²) in [5.74, 6) is 2.11. The van der Waals surface area contributed by atoms with E-state index in [1.807, 2.05) is 54.7 Å². The summed E-state index contributed by atoms with van der Waals surface area (Å²) in [5, 5.41) is 9.03. The van der Waals surface area contributed by atoms with E-state index < -0.39 is 0 Å². The Morgan fingerprint density at radius 3 is 1.42 bits per heavy atom. The van der Waals surface area contributed by atoms with Crippen LogP contribution in [-0.2, 0) is 56.5 Å². The molecule has 8 rings (SSSR count). The van der Waals surface area contributed by atoms with Crippen molar-refractivity contribution in [1.29, 1.82) is 0 Å². The fraction of sp³-hybridized carbons (Fsp3) is 0.283. The van der Waals surface area contributed by atoms with Crippen molar-refractivity contribution in [3.8, 4) is 61.7 Å². The Kier molecular flexibility index (Phi) is 16.7. The second kappa shape index (κ2) is 21.3. The molecule has 344 valence electrons. The van der Waals surface area contributed by atoms with Crippen LogP contribution in [0.3, 0.4) is 0 Å².